The van der Waals surface area contributed by atoms with Gasteiger partial charge in [0.05, 0.1) is 22.9 Å². The Kier molecular flexibility index (Phi) is 4.58. The minimum atomic E-state index is -0.478. The lowest BCUT2D eigenvalue weighted by Gasteiger charge is -2.25. The summed E-state index contributed by atoms with van der Waals surface area (Å²) in [6, 6.07) is 12.8. The molecule has 1 N–H and O–H groups in total. The highest BCUT2D eigenvalue weighted by Crippen LogP contribution is 2.33. The highest BCUT2D eigenvalue weighted by Gasteiger charge is 2.27. The van der Waals surface area contributed by atoms with Gasteiger partial charge in [-0.1, -0.05) is 24.3 Å². The first kappa shape index (κ1) is 18.7. The van der Waals surface area contributed by atoms with Crippen LogP contribution in [0.2, 0.25) is 0 Å². The molecule has 1 aromatic heterocycles. The third kappa shape index (κ3) is 3.22. The molecule has 6 heteroatoms. The van der Waals surface area contributed by atoms with Gasteiger partial charge in [0.15, 0.2) is 0 Å². The summed E-state index contributed by atoms with van der Waals surface area (Å²) in [5.41, 5.74) is 0.648. The Labute approximate surface area is 157 Å². The number of ether oxygens (including phenoxy) is 1. The number of rotatable bonds is 3. The molecule has 0 aliphatic rings. The van der Waals surface area contributed by atoms with Crippen LogP contribution in [0.5, 0.6) is 5.88 Å². The van der Waals surface area contributed by atoms with Crippen molar-refractivity contribution in [3.8, 4) is 17.6 Å². The monoisotopic (exact) mass is 365 g/mol. The van der Waals surface area contributed by atoms with Crippen LogP contribution < -0.4 is 5.69 Å². The smallest absolute Gasteiger partial charge is 0.335 e. The maximum Gasteiger partial charge on any atom is 0.335 e. The fraction of sp³-hybridized carbons (Fsp3) is 0.333. The van der Waals surface area contributed by atoms with E-state index in [1.807, 2.05) is 45.0 Å². The Morgan fingerprint density at radius 1 is 1.15 bits per heavy atom. The van der Waals surface area contributed by atoms with E-state index in [-0.39, 0.29) is 11.6 Å². The topological polar surface area (TPSA) is 80.2 Å². The molecule has 0 spiro atoms. The van der Waals surface area contributed by atoms with E-state index in [0.29, 0.717) is 16.9 Å². The number of nitriles is 1. The Morgan fingerprint density at radius 3 is 2.37 bits per heavy atom. The number of benzene rings is 2. The summed E-state index contributed by atoms with van der Waals surface area (Å²) in [5, 5.41) is 21.7. The molecule has 6 nitrogen and oxygen atoms in total. The van der Waals surface area contributed by atoms with E-state index in [4.69, 9.17) is 4.74 Å². The van der Waals surface area contributed by atoms with Crippen LogP contribution in [0.15, 0.2) is 41.2 Å². The highest BCUT2D eigenvalue weighted by atomic mass is 16.5. The van der Waals surface area contributed by atoms with Gasteiger partial charge in [0.2, 0.25) is 5.88 Å². The average Bonchev–Trinajstić information content (AvgIpc) is 2.82. The minimum Gasteiger partial charge on any atom is -0.493 e. The van der Waals surface area contributed by atoms with E-state index >= 15 is 0 Å². The zero-order chi connectivity index (χ0) is 19.9. The maximum absolute atomic E-state index is 12.9. The Morgan fingerprint density at radius 2 is 1.78 bits per heavy atom. The van der Waals surface area contributed by atoms with Crippen LogP contribution in [0.4, 0.5) is 0 Å². The molecule has 1 unspecified atom stereocenters. The Balaban J connectivity index is 2.26. The molecule has 2 aromatic carbocycles. The number of hydrogen-bond acceptors (Lipinski definition) is 4. The van der Waals surface area contributed by atoms with Crippen LogP contribution in [0.25, 0.3) is 16.5 Å². The number of imidazole rings is 1. The highest BCUT2D eigenvalue weighted by molar-refractivity contribution is 5.94. The van der Waals surface area contributed by atoms with Crippen molar-refractivity contribution in [2.45, 2.75) is 39.4 Å². The summed E-state index contributed by atoms with van der Waals surface area (Å²) < 4.78 is 8.60. The molecule has 3 aromatic rings. The molecule has 0 saturated carbocycles. The molecular formula is C21H23N3O3. The number of nitrogens with zero attached hydrogens (tertiary/aromatic N) is 3. The predicted molar refractivity (Wildman–Crippen MR) is 104 cm³/mol. The summed E-state index contributed by atoms with van der Waals surface area (Å²) in [7, 11) is 1.61. The van der Waals surface area contributed by atoms with Crippen molar-refractivity contribution >= 4 is 10.8 Å². The second-order valence-electron chi connectivity index (χ2n) is 7.55. The quantitative estimate of drug-likeness (QED) is 0.766. The standard InChI is InChI=1S/C21H23N3O3/c1-13(27-21(2,3)4)18-19(25)24(20(26)23(18)5)17-11-10-14(12-22)15-8-6-7-9-16(15)17/h6-11,13,25H,1-5H3. The van der Waals surface area contributed by atoms with E-state index in [2.05, 4.69) is 6.07 Å². The van der Waals surface area contributed by atoms with Crippen molar-refractivity contribution in [3.63, 3.8) is 0 Å². The first-order valence-corrected chi connectivity index (χ1v) is 8.76. The van der Waals surface area contributed by atoms with Gasteiger partial charge in [-0.3, -0.25) is 4.57 Å². The molecule has 0 fully saturated rings. The zero-order valence-electron chi connectivity index (χ0n) is 16.1. The average molecular weight is 365 g/mol. The van der Waals surface area contributed by atoms with Gasteiger partial charge in [-0.25, -0.2) is 9.36 Å². The lowest BCUT2D eigenvalue weighted by atomic mass is 10.0. The third-order valence-corrected chi connectivity index (χ3v) is 4.46. The SMILES string of the molecule is CC(OC(C)(C)C)c1c(O)n(-c2ccc(C#N)c3ccccc23)c(=O)n1C. The van der Waals surface area contributed by atoms with Crippen molar-refractivity contribution < 1.29 is 9.84 Å². The van der Waals surface area contributed by atoms with Crippen molar-refractivity contribution in [2.24, 2.45) is 7.05 Å². The molecule has 140 valence electrons. The maximum atomic E-state index is 12.9. The second kappa shape index (κ2) is 6.60. The molecule has 1 atom stereocenters. The lowest BCUT2D eigenvalue weighted by Crippen LogP contribution is -2.25. The first-order valence-electron chi connectivity index (χ1n) is 8.76. The largest absolute Gasteiger partial charge is 0.493 e. The summed E-state index contributed by atoms with van der Waals surface area (Å²) in [5.74, 6) is -0.158. The molecular weight excluding hydrogens is 342 g/mol. The van der Waals surface area contributed by atoms with Gasteiger partial charge in [-0.05, 0) is 39.8 Å². The molecule has 27 heavy (non-hydrogen) atoms. The molecule has 0 radical (unpaired) electrons. The molecule has 3 rings (SSSR count). The minimum absolute atomic E-state index is 0.158. The van der Waals surface area contributed by atoms with Gasteiger partial charge in [0, 0.05) is 17.8 Å². The van der Waals surface area contributed by atoms with Crippen molar-refractivity contribution in [1.29, 1.82) is 5.26 Å². The fourth-order valence-electron chi connectivity index (χ4n) is 3.44. The van der Waals surface area contributed by atoms with Gasteiger partial charge >= 0.3 is 5.69 Å². The van der Waals surface area contributed by atoms with E-state index in [1.54, 1.807) is 26.1 Å². The van der Waals surface area contributed by atoms with Gasteiger partial charge in [0.1, 0.15) is 11.8 Å². The van der Waals surface area contributed by atoms with Crippen LogP contribution in [0.3, 0.4) is 0 Å². The van der Waals surface area contributed by atoms with Crippen LogP contribution in [0.1, 0.15) is 45.1 Å². The molecule has 0 aliphatic carbocycles. The van der Waals surface area contributed by atoms with E-state index in [1.165, 1.54) is 9.13 Å². The van der Waals surface area contributed by atoms with Crippen molar-refractivity contribution in [1.82, 2.24) is 9.13 Å². The molecule has 0 amide bonds. The third-order valence-electron chi connectivity index (χ3n) is 4.46. The van der Waals surface area contributed by atoms with Gasteiger partial charge in [0.25, 0.3) is 0 Å². The number of aromatic hydroxyl groups is 1. The first-order chi connectivity index (χ1) is 12.7. The second-order valence-corrected chi connectivity index (χ2v) is 7.55. The van der Waals surface area contributed by atoms with Crippen LogP contribution >= 0.6 is 0 Å². The van der Waals surface area contributed by atoms with E-state index in [0.717, 1.165) is 10.8 Å². The number of hydrogen-bond donors (Lipinski definition) is 1. The van der Waals surface area contributed by atoms with Gasteiger partial charge < -0.3 is 9.84 Å². The summed E-state index contributed by atoms with van der Waals surface area (Å²) >= 11 is 0. The Bertz CT molecular complexity index is 1110. The lowest BCUT2D eigenvalue weighted by molar-refractivity contribution is -0.0566. The zero-order valence-corrected chi connectivity index (χ0v) is 16.1. The van der Waals surface area contributed by atoms with Crippen LogP contribution in [0, 0.1) is 11.3 Å². The molecule has 0 saturated heterocycles. The molecule has 0 aliphatic heterocycles. The molecule has 1 heterocycles. The fourth-order valence-corrected chi connectivity index (χ4v) is 3.44. The number of fused-ring (bicyclic) bond motifs is 1. The Hall–Kier alpha value is -3.04. The number of aromatic nitrogens is 2. The summed E-state index contributed by atoms with van der Waals surface area (Å²) in [6.45, 7) is 7.57. The van der Waals surface area contributed by atoms with Crippen molar-refractivity contribution in [2.75, 3.05) is 0 Å². The summed E-state index contributed by atoms with van der Waals surface area (Å²) in [6.07, 6.45) is -0.478. The molecule has 0 bridgehead atoms. The normalized spacial score (nSPS) is 12.9. The van der Waals surface area contributed by atoms with Gasteiger partial charge in [-0.15, -0.1) is 0 Å². The van der Waals surface area contributed by atoms with Crippen molar-refractivity contribution in [3.05, 3.63) is 58.1 Å². The van der Waals surface area contributed by atoms with Gasteiger partial charge in [-0.2, -0.15) is 5.26 Å². The van der Waals surface area contributed by atoms with E-state index < -0.39 is 11.7 Å². The van der Waals surface area contributed by atoms with E-state index in [9.17, 15) is 15.2 Å². The van der Waals surface area contributed by atoms with Crippen LogP contribution in [-0.4, -0.2) is 19.8 Å². The summed E-state index contributed by atoms with van der Waals surface area (Å²) in [4.78, 5) is 12.9. The van der Waals surface area contributed by atoms with Crippen LogP contribution in [-0.2, 0) is 11.8 Å². The predicted octanol–water partition coefficient (Wildman–Crippen LogP) is 3.78.